The zero-order valence-corrected chi connectivity index (χ0v) is 15.0. The van der Waals surface area contributed by atoms with Crippen LogP contribution in [0.2, 0.25) is 0 Å². The fourth-order valence-electron chi connectivity index (χ4n) is 3.47. The minimum atomic E-state index is -0.346. The van der Waals surface area contributed by atoms with E-state index in [9.17, 15) is 9.59 Å². The van der Waals surface area contributed by atoms with Crippen molar-refractivity contribution < 1.29 is 4.48 Å². The quantitative estimate of drug-likeness (QED) is 0.730. The Labute approximate surface area is 136 Å². The van der Waals surface area contributed by atoms with Gasteiger partial charge < -0.3 is 9.05 Å². The van der Waals surface area contributed by atoms with Crippen molar-refractivity contribution in [1.29, 1.82) is 0 Å². The second kappa shape index (κ2) is 6.31. The molecule has 0 amide bonds. The van der Waals surface area contributed by atoms with Gasteiger partial charge in [-0.25, -0.2) is 9.78 Å². The highest BCUT2D eigenvalue weighted by Gasteiger charge is 2.21. The van der Waals surface area contributed by atoms with Crippen molar-refractivity contribution in [3.63, 3.8) is 0 Å². The lowest BCUT2D eigenvalue weighted by atomic mass is 10.1. The summed E-state index contributed by atoms with van der Waals surface area (Å²) in [7, 11) is 7.61. The van der Waals surface area contributed by atoms with E-state index >= 15 is 0 Å². The van der Waals surface area contributed by atoms with Crippen molar-refractivity contribution in [2.75, 3.05) is 27.2 Å². The highest BCUT2D eigenvalue weighted by Crippen LogP contribution is 2.12. The van der Waals surface area contributed by atoms with Gasteiger partial charge in [-0.15, -0.1) is 0 Å². The molecule has 7 heteroatoms. The van der Waals surface area contributed by atoms with Crippen LogP contribution in [0.1, 0.15) is 20.3 Å². The summed E-state index contributed by atoms with van der Waals surface area (Å²) in [6.07, 6.45) is 2.82. The molecule has 128 valence electrons. The van der Waals surface area contributed by atoms with Crippen LogP contribution in [-0.4, -0.2) is 50.4 Å². The van der Waals surface area contributed by atoms with E-state index in [-0.39, 0.29) is 11.2 Å². The van der Waals surface area contributed by atoms with Gasteiger partial charge in [-0.3, -0.25) is 13.9 Å². The van der Waals surface area contributed by atoms with E-state index in [4.69, 9.17) is 0 Å². The molecule has 0 aliphatic heterocycles. The molecule has 0 saturated carbocycles. The zero-order chi connectivity index (χ0) is 17.4. The summed E-state index contributed by atoms with van der Waals surface area (Å²) in [4.78, 5) is 28.7. The van der Waals surface area contributed by atoms with Gasteiger partial charge in [0.25, 0.3) is 5.56 Å². The summed E-state index contributed by atoms with van der Waals surface area (Å²) in [5, 5.41) is 0. The molecule has 0 aliphatic rings. The van der Waals surface area contributed by atoms with Crippen LogP contribution < -0.4 is 11.2 Å². The highest BCUT2D eigenvalue weighted by molar-refractivity contribution is 5.69. The summed E-state index contributed by atoms with van der Waals surface area (Å²) >= 11 is 0. The van der Waals surface area contributed by atoms with E-state index in [2.05, 4.69) is 32.9 Å². The summed E-state index contributed by atoms with van der Waals surface area (Å²) in [5.41, 5.74) is 0.325. The van der Waals surface area contributed by atoms with Crippen LogP contribution >= 0.6 is 0 Å². The lowest BCUT2D eigenvalue weighted by Gasteiger charge is -2.32. The van der Waals surface area contributed by atoms with Crippen molar-refractivity contribution in [1.82, 2.24) is 18.7 Å². The van der Waals surface area contributed by atoms with Gasteiger partial charge in [-0.2, -0.15) is 0 Å². The highest BCUT2D eigenvalue weighted by atomic mass is 16.2. The van der Waals surface area contributed by atoms with Gasteiger partial charge in [0.2, 0.25) is 0 Å². The molecule has 1 atom stereocenters. The minimum Gasteiger partial charge on any atom is -0.328 e. The Bertz CT molecular complexity index is 812. The van der Waals surface area contributed by atoms with Crippen molar-refractivity contribution >= 4 is 11.2 Å². The summed E-state index contributed by atoms with van der Waals surface area (Å²) in [5.74, 6) is 0.399. The third-order valence-electron chi connectivity index (χ3n) is 4.36. The van der Waals surface area contributed by atoms with Crippen molar-refractivity contribution in [2.45, 2.75) is 26.8 Å². The molecule has 0 fully saturated rings. The molecular weight excluding hydrogens is 294 g/mol. The first-order valence-corrected chi connectivity index (χ1v) is 8.10. The number of aromatic nitrogens is 4. The third kappa shape index (κ3) is 3.39. The molecule has 0 aromatic carbocycles. The molecule has 2 rings (SSSR count). The molecule has 0 radical (unpaired) electrons. The molecule has 0 bridgehead atoms. The number of hydrogen-bond donors (Lipinski definition) is 0. The van der Waals surface area contributed by atoms with E-state index in [1.807, 2.05) is 4.57 Å². The van der Waals surface area contributed by atoms with Crippen LogP contribution in [0.5, 0.6) is 0 Å². The van der Waals surface area contributed by atoms with Gasteiger partial charge >= 0.3 is 5.69 Å². The standard InChI is InChI=1S/C16H28N5O2/c1-7-8-21(5,6)10-12(2)9-20-11-17-14-13(20)15(22)19(4)16(23)18(14)3/h11-12H,7-10H2,1-6H3/q+1. The number of fused-ring (bicyclic) bond motifs is 1. The fourth-order valence-corrected chi connectivity index (χ4v) is 3.47. The number of aryl methyl sites for hydroxylation is 1. The summed E-state index contributed by atoms with van der Waals surface area (Å²) in [6.45, 7) is 7.26. The Morgan fingerprint density at radius 1 is 1.22 bits per heavy atom. The Morgan fingerprint density at radius 2 is 1.87 bits per heavy atom. The molecule has 0 aliphatic carbocycles. The Hall–Kier alpha value is -1.89. The van der Waals surface area contributed by atoms with E-state index in [0.29, 0.717) is 17.1 Å². The van der Waals surface area contributed by atoms with Crippen LogP contribution in [0.4, 0.5) is 0 Å². The van der Waals surface area contributed by atoms with E-state index < -0.39 is 0 Å². The van der Waals surface area contributed by atoms with E-state index in [1.54, 1.807) is 13.4 Å². The lowest BCUT2D eigenvalue weighted by Crippen LogP contribution is -2.44. The average molecular weight is 322 g/mol. The summed E-state index contributed by atoms with van der Waals surface area (Å²) < 4.78 is 5.41. The van der Waals surface area contributed by atoms with Gasteiger partial charge in [0.1, 0.15) is 0 Å². The van der Waals surface area contributed by atoms with Crippen molar-refractivity contribution in [2.24, 2.45) is 20.0 Å². The molecular formula is C16H28N5O2+. The maximum Gasteiger partial charge on any atom is 0.332 e. The SMILES string of the molecule is CCC[N+](C)(C)CC(C)Cn1cnc2c1c(=O)n(C)c(=O)n2C. The first-order valence-electron chi connectivity index (χ1n) is 8.10. The second-order valence-corrected chi connectivity index (χ2v) is 7.22. The zero-order valence-electron chi connectivity index (χ0n) is 15.0. The smallest absolute Gasteiger partial charge is 0.328 e. The first-order chi connectivity index (χ1) is 10.7. The van der Waals surface area contributed by atoms with Crippen LogP contribution in [0.25, 0.3) is 11.2 Å². The second-order valence-electron chi connectivity index (χ2n) is 7.22. The Kier molecular flexibility index (Phi) is 4.79. The van der Waals surface area contributed by atoms with Gasteiger partial charge in [-0.1, -0.05) is 13.8 Å². The summed E-state index contributed by atoms with van der Waals surface area (Å²) in [6, 6.07) is 0. The van der Waals surface area contributed by atoms with Crippen LogP contribution in [0, 0.1) is 5.92 Å². The molecule has 1 unspecified atom stereocenters. The minimum absolute atomic E-state index is 0.282. The van der Waals surface area contributed by atoms with Crippen LogP contribution in [0.3, 0.4) is 0 Å². The lowest BCUT2D eigenvalue weighted by molar-refractivity contribution is -0.893. The Morgan fingerprint density at radius 3 is 2.48 bits per heavy atom. The number of quaternary nitrogens is 1. The molecule has 0 spiro atoms. The number of imidazole rings is 1. The number of nitrogens with zero attached hydrogens (tertiary/aromatic N) is 5. The predicted octanol–water partition coefficient (Wildman–Crippen LogP) is 0.556. The van der Waals surface area contributed by atoms with Gasteiger partial charge in [0.05, 0.1) is 33.5 Å². The molecule has 2 aromatic heterocycles. The van der Waals surface area contributed by atoms with Gasteiger partial charge in [0, 0.05) is 26.6 Å². The molecule has 0 N–H and O–H groups in total. The first kappa shape index (κ1) is 17.5. The largest absolute Gasteiger partial charge is 0.332 e. The molecule has 0 saturated heterocycles. The number of rotatable bonds is 6. The average Bonchev–Trinajstić information content (AvgIpc) is 2.85. The monoisotopic (exact) mass is 322 g/mol. The molecule has 2 heterocycles. The maximum absolute atomic E-state index is 12.4. The van der Waals surface area contributed by atoms with E-state index in [0.717, 1.165) is 35.1 Å². The normalized spacial score (nSPS) is 13.7. The molecule has 23 heavy (non-hydrogen) atoms. The van der Waals surface area contributed by atoms with Crippen molar-refractivity contribution in [3.8, 4) is 0 Å². The predicted molar refractivity (Wildman–Crippen MR) is 91.5 cm³/mol. The maximum atomic E-state index is 12.4. The topological polar surface area (TPSA) is 61.8 Å². The third-order valence-corrected chi connectivity index (χ3v) is 4.36. The van der Waals surface area contributed by atoms with Gasteiger partial charge in [0.15, 0.2) is 11.2 Å². The fraction of sp³-hybridized carbons (Fsp3) is 0.688. The Balaban J connectivity index is 2.35. The van der Waals surface area contributed by atoms with Gasteiger partial charge in [-0.05, 0) is 6.42 Å². The van der Waals surface area contributed by atoms with Crippen LogP contribution in [0.15, 0.2) is 15.9 Å². The number of hydrogen-bond acceptors (Lipinski definition) is 3. The van der Waals surface area contributed by atoms with Crippen molar-refractivity contribution in [3.05, 3.63) is 27.2 Å². The van der Waals surface area contributed by atoms with Crippen LogP contribution in [-0.2, 0) is 20.6 Å². The molecule has 7 nitrogen and oxygen atoms in total. The van der Waals surface area contributed by atoms with E-state index in [1.165, 1.54) is 11.6 Å². The molecule has 2 aromatic rings.